The maximum Gasteiger partial charge on any atom is 0.0991 e. The Balaban J connectivity index is 2.24. The first-order valence-electron chi connectivity index (χ1n) is 6.28. The second-order valence-electron chi connectivity index (χ2n) is 4.62. The van der Waals surface area contributed by atoms with E-state index in [2.05, 4.69) is 6.07 Å². The van der Waals surface area contributed by atoms with E-state index in [1.54, 1.807) is 12.1 Å². The largest absolute Gasteiger partial charge is 0.330 e. The normalized spacial score (nSPS) is 11.9. The van der Waals surface area contributed by atoms with E-state index >= 15 is 0 Å². The second-order valence-corrected chi connectivity index (χ2v) is 5.44. The van der Waals surface area contributed by atoms with Gasteiger partial charge in [-0.1, -0.05) is 41.4 Å². The summed E-state index contributed by atoms with van der Waals surface area (Å²) in [6, 6.07) is 15.3. The maximum absolute atomic E-state index is 8.93. The fourth-order valence-corrected chi connectivity index (χ4v) is 2.46. The van der Waals surface area contributed by atoms with Crippen molar-refractivity contribution in [3.8, 4) is 6.07 Å². The van der Waals surface area contributed by atoms with Crippen molar-refractivity contribution in [3.63, 3.8) is 0 Å². The Kier molecular flexibility index (Phi) is 5.03. The topological polar surface area (TPSA) is 49.8 Å². The first-order chi connectivity index (χ1) is 9.63. The summed E-state index contributed by atoms with van der Waals surface area (Å²) in [6.07, 6.45) is 0.768. The molecule has 102 valence electrons. The molecule has 2 nitrogen and oxygen atoms in total. The average molecular weight is 305 g/mol. The Morgan fingerprint density at radius 2 is 1.90 bits per heavy atom. The van der Waals surface area contributed by atoms with Crippen LogP contribution < -0.4 is 5.73 Å². The van der Waals surface area contributed by atoms with Crippen LogP contribution in [0.1, 0.15) is 22.6 Å². The Labute approximate surface area is 128 Å². The van der Waals surface area contributed by atoms with Gasteiger partial charge in [-0.25, -0.2) is 0 Å². The minimum atomic E-state index is 0.152. The van der Waals surface area contributed by atoms with Gasteiger partial charge in [0, 0.05) is 5.92 Å². The van der Waals surface area contributed by atoms with Gasteiger partial charge in [-0.3, -0.25) is 0 Å². The van der Waals surface area contributed by atoms with E-state index in [0.717, 1.165) is 17.5 Å². The molecule has 0 fully saturated rings. The highest BCUT2D eigenvalue weighted by atomic mass is 35.5. The quantitative estimate of drug-likeness (QED) is 0.922. The number of benzene rings is 2. The highest BCUT2D eigenvalue weighted by Gasteiger charge is 2.12. The van der Waals surface area contributed by atoms with E-state index < -0.39 is 0 Å². The molecule has 0 aliphatic carbocycles. The third-order valence-electron chi connectivity index (χ3n) is 3.24. The first-order valence-corrected chi connectivity index (χ1v) is 7.03. The number of hydrogen-bond donors (Lipinski definition) is 1. The van der Waals surface area contributed by atoms with E-state index in [1.807, 2.05) is 30.3 Å². The van der Waals surface area contributed by atoms with E-state index in [1.165, 1.54) is 0 Å². The van der Waals surface area contributed by atoms with Gasteiger partial charge in [0.15, 0.2) is 0 Å². The molecule has 0 aliphatic rings. The summed E-state index contributed by atoms with van der Waals surface area (Å²) < 4.78 is 0. The van der Waals surface area contributed by atoms with Gasteiger partial charge >= 0.3 is 0 Å². The van der Waals surface area contributed by atoms with Crippen molar-refractivity contribution in [1.29, 1.82) is 5.26 Å². The number of nitrogens with two attached hydrogens (primary N) is 1. The number of nitrogens with zero attached hydrogens (tertiary/aromatic N) is 1. The molecule has 0 bridgehead atoms. The molecule has 2 aromatic carbocycles. The predicted octanol–water partition coefficient (Wildman–Crippen LogP) is 4.15. The lowest BCUT2D eigenvalue weighted by atomic mass is 9.91. The molecular weight excluding hydrogens is 291 g/mol. The molecule has 0 aliphatic heterocycles. The third kappa shape index (κ3) is 3.52. The average Bonchev–Trinajstić information content (AvgIpc) is 2.48. The van der Waals surface area contributed by atoms with Gasteiger partial charge in [0.25, 0.3) is 0 Å². The Morgan fingerprint density at radius 3 is 2.55 bits per heavy atom. The van der Waals surface area contributed by atoms with Crippen molar-refractivity contribution in [2.75, 3.05) is 6.54 Å². The minimum Gasteiger partial charge on any atom is -0.330 e. The lowest BCUT2D eigenvalue weighted by molar-refractivity contribution is 0.694. The second kappa shape index (κ2) is 6.76. The standard InChI is InChI=1S/C16H14Cl2N2/c17-15-5-4-13(8-16(15)18)14(10-20)7-11-2-1-3-12(6-11)9-19/h1-6,8,14H,7,10,20H2. The van der Waals surface area contributed by atoms with Crippen LogP contribution in [0.5, 0.6) is 0 Å². The molecule has 0 saturated carbocycles. The Morgan fingerprint density at radius 1 is 1.10 bits per heavy atom. The molecule has 20 heavy (non-hydrogen) atoms. The van der Waals surface area contributed by atoms with Crippen LogP contribution in [0.4, 0.5) is 0 Å². The van der Waals surface area contributed by atoms with Crippen LogP contribution in [0.2, 0.25) is 10.0 Å². The van der Waals surface area contributed by atoms with Crippen LogP contribution in [0.15, 0.2) is 42.5 Å². The predicted molar refractivity (Wildman–Crippen MR) is 83.1 cm³/mol. The third-order valence-corrected chi connectivity index (χ3v) is 3.98. The summed E-state index contributed by atoms with van der Waals surface area (Å²) >= 11 is 12.0. The van der Waals surface area contributed by atoms with E-state index in [-0.39, 0.29) is 5.92 Å². The molecule has 2 aromatic rings. The summed E-state index contributed by atoms with van der Waals surface area (Å²) in [6.45, 7) is 0.509. The Hall–Kier alpha value is -1.53. The van der Waals surface area contributed by atoms with Gasteiger partial charge in [-0.15, -0.1) is 0 Å². The zero-order chi connectivity index (χ0) is 14.5. The summed E-state index contributed by atoms with van der Waals surface area (Å²) in [4.78, 5) is 0. The molecule has 1 atom stereocenters. The summed E-state index contributed by atoms with van der Waals surface area (Å²) in [5.41, 5.74) is 8.68. The molecule has 0 saturated heterocycles. The van der Waals surface area contributed by atoms with E-state index in [4.69, 9.17) is 34.2 Å². The van der Waals surface area contributed by atoms with Crippen molar-refractivity contribution in [2.45, 2.75) is 12.3 Å². The molecule has 2 N–H and O–H groups in total. The highest BCUT2D eigenvalue weighted by Crippen LogP contribution is 2.28. The lowest BCUT2D eigenvalue weighted by Gasteiger charge is -2.16. The van der Waals surface area contributed by atoms with Crippen molar-refractivity contribution in [2.24, 2.45) is 5.73 Å². The van der Waals surface area contributed by atoms with Gasteiger partial charge < -0.3 is 5.73 Å². The van der Waals surface area contributed by atoms with Gasteiger partial charge in [0.1, 0.15) is 0 Å². The monoisotopic (exact) mass is 304 g/mol. The van der Waals surface area contributed by atoms with Crippen LogP contribution in [0, 0.1) is 11.3 Å². The molecule has 0 heterocycles. The number of rotatable bonds is 4. The molecule has 0 spiro atoms. The molecule has 0 aromatic heterocycles. The van der Waals surface area contributed by atoms with Crippen molar-refractivity contribution >= 4 is 23.2 Å². The molecule has 4 heteroatoms. The molecule has 0 radical (unpaired) electrons. The van der Waals surface area contributed by atoms with Gasteiger partial charge in [0.05, 0.1) is 21.7 Å². The zero-order valence-corrected chi connectivity index (χ0v) is 12.3. The van der Waals surface area contributed by atoms with Crippen molar-refractivity contribution in [1.82, 2.24) is 0 Å². The van der Waals surface area contributed by atoms with Crippen molar-refractivity contribution < 1.29 is 0 Å². The van der Waals surface area contributed by atoms with Gasteiger partial charge in [0.2, 0.25) is 0 Å². The SMILES string of the molecule is N#Cc1cccc(CC(CN)c2ccc(Cl)c(Cl)c2)c1. The van der Waals surface area contributed by atoms with Crippen molar-refractivity contribution in [3.05, 3.63) is 69.2 Å². The number of halogens is 2. The maximum atomic E-state index is 8.93. The fourth-order valence-electron chi connectivity index (χ4n) is 2.16. The lowest BCUT2D eigenvalue weighted by Crippen LogP contribution is -2.15. The Bertz CT molecular complexity index is 647. The smallest absolute Gasteiger partial charge is 0.0991 e. The van der Waals surface area contributed by atoms with Crippen LogP contribution >= 0.6 is 23.2 Å². The molecular formula is C16H14Cl2N2. The van der Waals surface area contributed by atoms with Gasteiger partial charge in [-0.05, 0) is 48.4 Å². The molecule has 2 rings (SSSR count). The van der Waals surface area contributed by atoms with Crippen LogP contribution in [0.3, 0.4) is 0 Å². The molecule has 0 amide bonds. The van der Waals surface area contributed by atoms with Crippen LogP contribution in [0.25, 0.3) is 0 Å². The summed E-state index contributed by atoms with van der Waals surface area (Å²) in [5, 5.41) is 10.0. The van der Waals surface area contributed by atoms with Gasteiger partial charge in [-0.2, -0.15) is 5.26 Å². The van der Waals surface area contributed by atoms with E-state index in [0.29, 0.717) is 22.2 Å². The number of nitriles is 1. The van der Waals surface area contributed by atoms with E-state index in [9.17, 15) is 0 Å². The number of hydrogen-bond acceptors (Lipinski definition) is 2. The summed E-state index contributed by atoms with van der Waals surface area (Å²) in [7, 11) is 0. The highest BCUT2D eigenvalue weighted by molar-refractivity contribution is 6.42. The minimum absolute atomic E-state index is 0.152. The van der Waals surface area contributed by atoms with Crippen LogP contribution in [-0.2, 0) is 6.42 Å². The zero-order valence-electron chi connectivity index (χ0n) is 10.8. The molecule has 1 unspecified atom stereocenters. The van der Waals surface area contributed by atoms with Crippen LogP contribution in [-0.4, -0.2) is 6.54 Å². The first kappa shape index (κ1) is 14.9. The summed E-state index contributed by atoms with van der Waals surface area (Å²) in [5.74, 6) is 0.152. The fraction of sp³-hybridized carbons (Fsp3) is 0.188.